The highest BCUT2D eigenvalue weighted by Crippen LogP contribution is 2.37. The van der Waals surface area contributed by atoms with E-state index in [4.69, 9.17) is 19.9 Å². The van der Waals surface area contributed by atoms with E-state index in [1.807, 2.05) is 18.2 Å². The van der Waals surface area contributed by atoms with Gasteiger partial charge in [-0.2, -0.15) is 0 Å². The van der Waals surface area contributed by atoms with Crippen molar-refractivity contribution in [1.82, 2.24) is 9.47 Å². The number of amides is 1. The third kappa shape index (κ3) is 4.00. The zero-order valence-electron chi connectivity index (χ0n) is 18.4. The number of likely N-dealkylation sites (tertiary alicyclic amines) is 1. The summed E-state index contributed by atoms with van der Waals surface area (Å²) in [6.07, 6.45) is 5.18. The lowest BCUT2D eigenvalue weighted by Gasteiger charge is -2.33. The zero-order chi connectivity index (χ0) is 22.1. The van der Waals surface area contributed by atoms with Crippen LogP contribution in [0.15, 0.2) is 42.6 Å². The molecule has 0 bridgehead atoms. The van der Waals surface area contributed by atoms with Crippen LogP contribution in [0.3, 0.4) is 0 Å². The fourth-order valence-corrected chi connectivity index (χ4v) is 4.82. The van der Waals surface area contributed by atoms with Crippen LogP contribution >= 0.6 is 0 Å². The van der Waals surface area contributed by atoms with Gasteiger partial charge in [0.15, 0.2) is 11.5 Å². The van der Waals surface area contributed by atoms with Crippen LogP contribution < -0.4 is 19.9 Å². The van der Waals surface area contributed by atoms with Crippen LogP contribution in [0.5, 0.6) is 17.2 Å². The van der Waals surface area contributed by atoms with Crippen LogP contribution in [0.1, 0.15) is 34.8 Å². The highest BCUT2D eigenvalue weighted by atomic mass is 16.6. The Morgan fingerprint density at radius 3 is 2.56 bits per heavy atom. The Labute approximate surface area is 187 Å². The molecule has 0 unspecified atom stereocenters. The quantitative estimate of drug-likeness (QED) is 0.642. The minimum absolute atomic E-state index is 0.385. The normalized spacial score (nSPS) is 16.9. The number of methoxy groups -OCH3 is 1. The highest BCUT2D eigenvalue weighted by molar-refractivity contribution is 5.97. The Kier molecular flexibility index (Phi) is 5.66. The van der Waals surface area contributed by atoms with E-state index in [2.05, 4.69) is 27.8 Å². The molecule has 0 saturated carbocycles. The van der Waals surface area contributed by atoms with Gasteiger partial charge in [0, 0.05) is 49.0 Å². The number of piperidine rings is 1. The number of fused-ring (bicyclic) bond motifs is 2. The molecular weight excluding hydrogens is 406 g/mol. The first kappa shape index (κ1) is 20.7. The number of benzene rings is 2. The minimum atomic E-state index is -0.385. The maximum absolute atomic E-state index is 11.6. The molecule has 32 heavy (non-hydrogen) atoms. The van der Waals surface area contributed by atoms with Gasteiger partial charge in [-0.3, -0.25) is 4.79 Å². The largest absolute Gasteiger partial charge is 0.496 e. The Hall–Kier alpha value is -3.19. The summed E-state index contributed by atoms with van der Waals surface area (Å²) in [5.41, 5.74) is 8.27. The van der Waals surface area contributed by atoms with E-state index in [-0.39, 0.29) is 5.91 Å². The van der Waals surface area contributed by atoms with Gasteiger partial charge in [0.05, 0.1) is 7.11 Å². The first-order valence-electron chi connectivity index (χ1n) is 11.2. The van der Waals surface area contributed by atoms with Gasteiger partial charge < -0.3 is 29.4 Å². The summed E-state index contributed by atoms with van der Waals surface area (Å²) in [5.74, 6) is 2.04. The van der Waals surface area contributed by atoms with Gasteiger partial charge in [0.1, 0.15) is 19.0 Å². The van der Waals surface area contributed by atoms with E-state index in [1.165, 1.54) is 0 Å². The zero-order valence-corrected chi connectivity index (χ0v) is 18.4. The van der Waals surface area contributed by atoms with Crippen molar-refractivity contribution in [1.29, 1.82) is 0 Å². The van der Waals surface area contributed by atoms with Gasteiger partial charge >= 0.3 is 0 Å². The molecule has 1 amide bonds. The fraction of sp³-hybridized carbons (Fsp3) is 0.400. The Balaban J connectivity index is 1.23. The molecule has 0 spiro atoms. The summed E-state index contributed by atoms with van der Waals surface area (Å²) >= 11 is 0. The molecule has 0 atom stereocenters. The smallest absolute Gasteiger partial charge is 0.248 e. The monoisotopic (exact) mass is 435 g/mol. The molecule has 3 heterocycles. The first-order valence-corrected chi connectivity index (χ1v) is 11.2. The van der Waals surface area contributed by atoms with Crippen LogP contribution in [-0.4, -0.2) is 55.3 Å². The van der Waals surface area contributed by atoms with Crippen LogP contribution in [-0.2, 0) is 6.42 Å². The predicted octanol–water partition coefficient (Wildman–Crippen LogP) is 3.40. The van der Waals surface area contributed by atoms with E-state index in [0.717, 1.165) is 72.6 Å². The predicted molar refractivity (Wildman–Crippen MR) is 123 cm³/mol. The first-order chi connectivity index (χ1) is 15.6. The van der Waals surface area contributed by atoms with Crippen LogP contribution in [0.4, 0.5) is 0 Å². The number of carbonyl (C=O) groups is 1. The van der Waals surface area contributed by atoms with E-state index < -0.39 is 0 Å². The summed E-state index contributed by atoms with van der Waals surface area (Å²) in [4.78, 5) is 14.1. The molecule has 3 aromatic rings. The van der Waals surface area contributed by atoms with Crippen LogP contribution in [0, 0.1) is 0 Å². The summed E-state index contributed by atoms with van der Waals surface area (Å²) < 4.78 is 19.3. The second-order valence-corrected chi connectivity index (χ2v) is 8.49. The summed E-state index contributed by atoms with van der Waals surface area (Å²) in [7, 11) is 1.70. The fourth-order valence-electron chi connectivity index (χ4n) is 4.82. The number of hydrogen-bond acceptors (Lipinski definition) is 5. The van der Waals surface area contributed by atoms with Crippen molar-refractivity contribution in [2.75, 3.05) is 40.0 Å². The number of carbonyl (C=O) groups excluding carboxylic acids is 1. The van der Waals surface area contributed by atoms with E-state index in [0.29, 0.717) is 24.8 Å². The molecule has 0 aliphatic carbocycles. The number of hydrogen-bond donors (Lipinski definition) is 1. The van der Waals surface area contributed by atoms with Gasteiger partial charge in [0.2, 0.25) is 5.91 Å². The average Bonchev–Trinajstić information content (AvgIpc) is 3.25. The SMILES string of the molecule is COc1cc2c(cc1CCN1CCC(n3ccc4ccc(C(N)=O)cc43)CC1)OCCO2. The maximum atomic E-state index is 11.6. The van der Waals surface area contributed by atoms with Crippen LogP contribution in [0.25, 0.3) is 10.9 Å². The lowest BCUT2D eigenvalue weighted by Crippen LogP contribution is -2.35. The average molecular weight is 436 g/mol. The molecule has 2 aromatic carbocycles. The second kappa shape index (κ2) is 8.74. The van der Waals surface area contributed by atoms with Crippen molar-refractivity contribution in [2.45, 2.75) is 25.3 Å². The second-order valence-electron chi connectivity index (χ2n) is 8.49. The molecule has 2 aliphatic rings. The summed E-state index contributed by atoms with van der Waals surface area (Å²) in [5, 5.41) is 1.14. The van der Waals surface area contributed by atoms with E-state index in [1.54, 1.807) is 13.2 Å². The molecule has 1 fully saturated rings. The van der Waals surface area contributed by atoms with Gasteiger partial charge in [-0.1, -0.05) is 6.07 Å². The Morgan fingerprint density at radius 2 is 1.84 bits per heavy atom. The van der Waals surface area contributed by atoms with Crippen molar-refractivity contribution in [3.8, 4) is 17.2 Å². The highest BCUT2D eigenvalue weighted by Gasteiger charge is 2.23. The number of nitrogens with two attached hydrogens (primary N) is 1. The molecular formula is C25H29N3O4. The number of primary amides is 1. The number of nitrogens with zero attached hydrogens (tertiary/aromatic N) is 2. The Morgan fingerprint density at radius 1 is 1.09 bits per heavy atom. The van der Waals surface area contributed by atoms with E-state index >= 15 is 0 Å². The maximum Gasteiger partial charge on any atom is 0.248 e. The number of aromatic nitrogens is 1. The van der Waals surface area contributed by atoms with Gasteiger partial charge in [-0.25, -0.2) is 0 Å². The number of rotatable bonds is 6. The molecule has 5 rings (SSSR count). The van der Waals surface area contributed by atoms with Crippen molar-refractivity contribution >= 4 is 16.8 Å². The van der Waals surface area contributed by atoms with Crippen molar-refractivity contribution < 1.29 is 19.0 Å². The van der Waals surface area contributed by atoms with Crippen molar-refractivity contribution in [3.05, 3.63) is 53.7 Å². The molecule has 2 aliphatic heterocycles. The third-order valence-corrected chi connectivity index (χ3v) is 6.60. The van der Waals surface area contributed by atoms with Gasteiger partial charge in [-0.05, 0) is 54.5 Å². The molecule has 1 aromatic heterocycles. The number of ether oxygens (including phenoxy) is 3. The molecule has 2 N–H and O–H groups in total. The van der Waals surface area contributed by atoms with Crippen molar-refractivity contribution in [3.63, 3.8) is 0 Å². The molecule has 7 heteroatoms. The van der Waals surface area contributed by atoms with Crippen LogP contribution in [0.2, 0.25) is 0 Å². The standard InChI is InChI=1S/C25H29N3O4/c1-30-22-16-24-23(31-12-13-32-24)15-18(22)4-8-27-9-6-20(7-10-27)28-11-5-17-2-3-19(25(26)29)14-21(17)28/h2-3,5,11,14-16,20H,4,6-10,12-13H2,1H3,(H2,26,29). The lowest BCUT2D eigenvalue weighted by molar-refractivity contribution is 0.100. The molecule has 7 nitrogen and oxygen atoms in total. The van der Waals surface area contributed by atoms with Crippen molar-refractivity contribution in [2.24, 2.45) is 5.73 Å². The third-order valence-electron chi connectivity index (χ3n) is 6.60. The molecule has 0 radical (unpaired) electrons. The molecule has 168 valence electrons. The summed E-state index contributed by atoms with van der Waals surface area (Å²) in [6, 6.07) is 12.2. The van der Waals surface area contributed by atoms with Gasteiger partial charge in [0.25, 0.3) is 0 Å². The lowest BCUT2D eigenvalue weighted by atomic mass is 10.0. The molecule has 1 saturated heterocycles. The summed E-state index contributed by atoms with van der Waals surface area (Å²) in [6.45, 7) is 4.20. The van der Waals surface area contributed by atoms with Gasteiger partial charge in [-0.15, -0.1) is 0 Å². The van der Waals surface area contributed by atoms with E-state index in [9.17, 15) is 4.79 Å². The minimum Gasteiger partial charge on any atom is -0.496 e. The Bertz CT molecular complexity index is 1130. The topological polar surface area (TPSA) is 79.0 Å².